The summed E-state index contributed by atoms with van der Waals surface area (Å²) >= 11 is 0. The quantitative estimate of drug-likeness (QED) is 0.857. The molecule has 1 saturated heterocycles. The van der Waals surface area contributed by atoms with Gasteiger partial charge in [0.2, 0.25) is 0 Å². The van der Waals surface area contributed by atoms with Crippen molar-refractivity contribution in [1.29, 1.82) is 0 Å². The lowest BCUT2D eigenvalue weighted by Crippen LogP contribution is -2.32. The first-order valence-electron chi connectivity index (χ1n) is 7.31. The molecule has 20 heavy (non-hydrogen) atoms. The molecule has 0 radical (unpaired) electrons. The summed E-state index contributed by atoms with van der Waals surface area (Å²) in [7, 11) is 0. The van der Waals surface area contributed by atoms with Crippen LogP contribution in [-0.2, 0) is 0 Å². The first kappa shape index (κ1) is 14.8. The molecule has 4 nitrogen and oxygen atoms in total. The number of nitrogens with zero attached hydrogens (tertiary/aromatic N) is 2. The zero-order valence-electron chi connectivity index (χ0n) is 12.6. The molecular weight excluding hydrogens is 252 g/mol. The van der Waals surface area contributed by atoms with Crippen molar-refractivity contribution in [2.75, 3.05) is 13.1 Å². The zero-order chi connectivity index (χ0) is 14.8. The van der Waals surface area contributed by atoms with Gasteiger partial charge in [-0.2, -0.15) is 0 Å². The summed E-state index contributed by atoms with van der Waals surface area (Å²) in [5, 5.41) is 9.43. The van der Waals surface area contributed by atoms with E-state index in [9.17, 15) is 9.90 Å². The number of carbonyl (C=O) groups is 1. The largest absolute Gasteiger partial charge is 0.506 e. The molecular formula is C16H24N2O2. The van der Waals surface area contributed by atoms with E-state index in [-0.39, 0.29) is 11.7 Å². The van der Waals surface area contributed by atoms with Gasteiger partial charge in [0.05, 0.1) is 11.8 Å². The van der Waals surface area contributed by atoms with Crippen LogP contribution in [0.1, 0.15) is 50.4 Å². The first-order chi connectivity index (χ1) is 9.38. The molecule has 110 valence electrons. The van der Waals surface area contributed by atoms with Gasteiger partial charge in [-0.15, -0.1) is 0 Å². The topological polar surface area (TPSA) is 53.4 Å². The maximum Gasteiger partial charge on any atom is 0.255 e. The maximum atomic E-state index is 12.4. The highest BCUT2D eigenvalue weighted by Gasteiger charge is 2.28. The monoisotopic (exact) mass is 276 g/mol. The minimum absolute atomic E-state index is 0.0250. The molecule has 1 atom stereocenters. The number of aromatic hydroxyl groups is 1. The molecule has 0 saturated carbocycles. The Hall–Kier alpha value is -1.58. The molecule has 1 aliphatic rings. The van der Waals surface area contributed by atoms with Crippen LogP contribution in [0.3, 0.4) is 0 Å². The maximum absolute atomic E-state index is 12.4. The molecule has 0 aliphatic carbocycles. The van der Waals surface area contributed by atoms with Crippen LogP contribution >= 0.6 is 0 Å². The molecule has 4 heteroatoms. The van der Waals surface area contributed by atoms with E-state index in [2.05, 4.69) is 25.8 Å². The lowest BCUT2D eigenvalue weighted by molar-refractivity contribution is 0.0754. The standard InChI is InChI=1S/C16H24N2O2/c1-16(2,3)13-5-4-7-18(8-6-13)15(20)12-9-14(19)11-17-10-12/h9-11,13,19H,4-8H2,1-3H3. The molecule has 1 amide bonds. The van der Waals surface area contributed by atoms with Crippen LogP contribution in [0.2, 0.25) is 0 Å². The number of pyridine rings is 1. The van der Waals surface area contributed by atoms with E-state index in [0.717, 1.165) is 25.9 Å². The average molecular weight is 276 g/mol. The van der Waals surface area contributed by atoms with Crippen LogP contribution in [0.5, 0.6) is 5.75 Å². The predicted molar refractivity (Wildman–Crippen MR) is 78.6 cm³/mol. The SMILES string of the molecule is CC(C)(C)C1CCCN(C(=O)c2cncc(O)c2)CC1. The van der Waals surface area contributed by atoms with Gasteiger partial charge in [-0.3, -0.25) is 9.78 Å². The predicted octanol–water partition coefficient (Wildman–Crippen LogP) is 3.08. The van der Waals surface area contributed by atoms with Crippen molar-refractivity contribution in [3.8, 4) is 5.75 Å². The van der Waals surface area contributed by atoms with Crippen LogP contribution in [0.25, 0.3) is 0 Å². The summed E-state index contributed by atoms with van der Waals surface area (Å²) in [6.45, 7) is 8.40. The second kappa shape index (κ2) is 5.81. The smallest absolute Gasteiger partial charge is 0.255 e. The van der Waals surface area contributed by atoms with E-state index in [1.54, 1.807) is 0 Å². The molecule has 1 fully saturated rings. The van der Waals surface area contributed by atoms with Gasteiger partial charge in [-0.05, 0) is 36.7 Å². The third-order valence-corrected chi connectivity index (χ3v) is 4.21. The van der Waals surface area contributed by atoms with Gasteiger partial charge in [-0.25, -0.2) is 0 Å². The summed E-state index contributed by atoms with van der Waals surface area (Å²) < 4.78 is 0. The molecule has 0 aromatic carbocycles. The van der Waals surface area contributed by atoms with Crippen molar-refractivity contribution >= 4 is 5.91 Å². The summed E-state index contributed by atoms with van der Waals surface area (Å²) in [4.78, 5) is 18.2. The first-order valence-corrected chi connectivity index (χ1v) is 7.31. The van der Waals surface area contributed by atoms with Crippen molar-refractivity contribution in [1.82, 2.24) is 9.88 Å². The fraction of sp³-hybridized carbons (Fsp3) is 0.625. The number of rotatable bonds is 1. The molecule has 2 heterocycles. The Morgan fingerprint density at radius 1 is 1.30 bits per heavy atom. The van der Waals surface area contributed by atoms with E-state index in [4.69, 9.17) is 0 Å². The second-order valence-corrected chi connectivity index (χ2v) is 6.72. The van der Waals surface area contributed by atoms with E-state index >= 15 is 0 Å². The summed E-state index contributed by atoms with van der Waals surface area (Å²) in [5.41, 5.74) is 0.769. The molecule has 1 aliphatic heterocycles. The molecule has 1 aromatic rings. The van der Waals surface area contributed by atoms with Crippen LogP contribution in [0.4, 0.5) is 0 Å². The molecule has 1 aromatic heterocycles. The third-order valence-electron chi connectivity index (χ3n) is 4.21. The molecule has 1 N–H and O–H groups in total. The third kappa shape index (κ3) is 3.50. The van der Waals surface area contributed by atoms with Gasteiger partial charge in [0.1, 0.15) is 5.75 Å². The van der Waals surface area contributed by atoms with Crippen molar-refractivity contribution in [2.45, 2.75) is 40.0 Å². The highest BCUT2D eigenvalue weighted by molar-refractivity contribution is 5.94. The van der Waals surface area contributed by atoms with Gasteiger partial charge in [0.25, 0.3) is 5.91 Å². The summed E-state index contributed by atoms with van der Waals surface area (Å²) in [6.07, 6.45) is 6.12. The fourth-order valence-corrected chi connectivity index (χ4v) is 2.89. The molecule has 2 rings (SSSR count). The molecule has 1 unspecified atom stereocenters. The minimum Gasteiger partial charge on any atom is -0.506 e. The normalized spacial score (nSPS) is 20.6. The molecule has 0 bridgehead atoms. The van der Waals surface area contributed by atoms with Crippen molar-refractivity contribution in [3.63, 3.8) is 0 Å². The van der Waals surface area contributed by atoms with E-state index in [0.29, 0.717) is 16.9 Å². The minimum atomic E-state index is -0.0250. The van der Waals surface area contributed by atoms with E-state index < -0.39 is 0 Å². The fourth-order valence-electron chi connectivity index (χ4n) is 2.89. The number of amides is 1. The van der Waals surface area contributed by atoms with Gasteiger partial charge in [-0.1, -0.05) is 20.8 Å². The number of hydrogen-bond donors (Lipinski definition) is 1. The van der Waals surface area contributed by atoms with Gasteiger partial charge in [0, 0.05) is 19.3 Å². The van der Waals surface area contributed by atoms with Crippen molar-refractivity contribution in [2.24, 2.45) is 11.3 Å². The Kier molecular flexibility index (Phi) is 4.31. The van der Waals surface area contributed by atoms with Crippen LogP contribution < -0.4 is 0 Å². The Bertz CT molecular complexity index is 480. The Labute approximate surface area is 120 Å². The summed E-state index contributed by atoms with van der Waals surface area (Å²) in [5.74, 6) is 0.670. The van der Waals surface area contributed by atoms with Crippen LogP contribution in [0, 0.1) is 11.3 Å². The lowest BCUT2D eigenvalue weighted by atomic mass is 9.77. The average Bonchev–Trinajstić information content (AvgIpc) is 2.63. The van der Waals surface area contributed by atoms with Crippen molar-refractivity contribution in [3.05, 3.63) is 24.0 Å². The summed E-state index contributed by atoms with van der Waals surface area (Å²) in [6, 6.07) is 1.49. The number of hydrogen-bond acceptors (Lipinski definition) is 3. The zero-order valence-corrected chi connectivity index (χ0v) is 12.6. The lowest BCUT2D eigenvalue weighted by Gasteiger charge is -2.29. The van der Waals surface area contributed by atoms with Crippen molar-refractivity contribution < 1.29 is 9.90 Å². The number of likely N-dealkylation sites (tertiary alicyclic amines) is 1. The Balaban J connectivity index is 2.05. The molecule has 0 spiro atoms. The second-order valence-electron chi connectivity index (χ2n) is 6.72. The van der Waals surface area contributed by atoms with E-state index in [1.807, 2.05) is 4.90 Å². The van der Waals surface area contributed by atoms with Gasteiger partial charge >= 0.3 is 0 Å². The Morgan fingerprint density at radius 3 is 2.70 bits per heavy atom. The van der Waals surface area contributed by atoms with Crippen LogP contribution in [0.15, 0.2) is 18.5 Å². The highest BCUT2D eigenvalue weighted by atomic mass is 16.3. The number of carbonyl (C=O) groups excluding carboxylic acids is 1. The number of aromatic nitrogens is 1. The van der Waals surface area contributed by atoms with Gasteiger partial charge in [0.15, 0.2) is 0 Å². The van der Waals surface area contributed by atoms with E-state index in [1.165, 1.54) is 24.9 Å². The van der Waals surface area contributed by atoms with Crippen LogP contribution in [-0.4, -0.2) is 34.0 Å². The Morgan fingerprint density at radius 2 is 2.05 bits per heavy atom. The highest BCUT2D eigenvalue weighted by Crippen LogP contribution is 2.34. The van der Waals surface area contributed by atoms with Gasteiger partial charge < -0.3 is 10.0 Å².